The van der Waals surface area contributed by atoms with Crippen LogP contribution in [0.3, 0.4) is 0 Å². The smallest absolute Gasteiger partial charge is 0.128 e. The highest BCUT2D eigenvalue weighted by Crippen LogP contribution is 2.55. The van der Waals surface area contributed by atoms with Crippen LogP contribution in [0.2, 0.25) is 15.5 Å². The van der Waals surface area contributed by atoms with E-state index in [4.69, 9.17) is 59.7 Å². The van der Waals surface area contributed by atoms with Crippen molar-refractivity contribution in [2.24, 2.45) is 0 Å². The highest BCUT2D eigenvalue weighted by Gasteiger charge is 2.43. The minimum absolute atomic E-state index is 0.153. The monoisotopic (exact) mass is 316 g/mol. The molecule has 1 nitrogen and oxygen atoms in total. The number of hydrogen-bond acceptors (Lipinski definition) is 1. The molecule has 0 aromatic heterocycles. The molecule has 1 rings (SSSR count). The van der Waals surface area contributed by atoms with Gasteiger partial charge in [-0.05, 0) is 12.1 Å². The van der Waals surface area contributed by atoms with Crippen molar-refractivity contribution in [2.75, 3.05) is 6.61 Å². The first-order chi connectivity index (χ1) is 8.87. The largest absolute Gasteiger partial charge is 0.494 e. The summed E-state index contributed by atoms with van der Waals surface area (Å²) in [5.41, 5.74) is 0. The molecule has 0 saturated heterocycles. The molecular weight excluding hydrogens is 311 g/mol. The predicted octanol–water partition coefficient (Wildman–Crippen LogP) is 0.453. The van der Waals surface area contributed by atoms with Crippen molar-refractivity contribution in [3.63, 3.8) is 0 Å². The van der Waals surface area contributed by atoms with Crippen molar-refractivity contribution in [1.82, 2.24) is 0 Å². The molecule has 20 heavy (non-hydrogen) atoms. The molecule has 0 aliphatic rings. The van der Waals surface area contributed by atoms with Crippen molar-refractivity contribution >= 4 is 70.9 Å². The number of ether oxygens (including phenoxy) is 1. The Morgan fingerprint density at radius 1 is 0.950 bits per heavy atom. The van der Waals surface area contributed by atoms with Gasteiger partial charge < -0.3 is 4.74 Å². The van der Waals surface area contributed by atoms with Crippen molar-refractivity contribution in [3.8, 4) is 5.75 Å². The van der Waals surface area contributed by atoms with Crippen molar-refractivity contribution in [3.05, 3.63) is 28.5 Å². The highest BCUT2D eigenvalue weighted by molar-refractivity contribution is 9.10. The van der Waals surface area contributed by atoms with Gasteiger partial charge in [0, 0.05) is 10.5 Å². The molecule has 0 heterocycles. The molecule has 10 heteroatoms. The minimum Gasteiger partial charge on any atom is -0.494 e. The van der Waals surface area contributed by atoms with E-state index in [1.54, 1.807) is 0 Å². The molecule has 0 fully saturated rings. The normalized spacial score (nSPS) is 13.1. The maximum absolute atomic E-state index is 13.2. The number of hydrogen-bond donors (Lipinski definition) is 0. The Morgan fingerprint density at radius 3 is 1.85 bits per heavy atom. The zero-order valence-corrected chi connectivity index (χ0v) is 12.2. The molecule has 1 aromatic rings. The van der Waals surface area contributed by atoms with Gasteiger partial charge in [0.1, 0.15) is 11.6 Å². The highest BCUT2D eigenvalue weighted by atomic mass is 79.9. The van der Waals surface area contributed by atoms with Gasteiger partial charge in [-0.1, -0.05) is 21.2 Å². The predicted molar refractivity (Wildman–Crippen MR) is 88.0 cm³/mol. The van der Waals surface area contributed by atoms with E-state index in [9.17, 15) is 4.39 Å². The van der Waals surface area contributed by atoms with Crippen LogP contribution in [-0.4, -0.2) is 61.5 Å². The van der Waals surface area contributed by atoms with Crippen molar-refractivity contribution < 1.29 is 9.13 Å². The first kappa shape index (κ1) is 17.9. The lowest BCUT2D eigenvalue weighted by atomic mass is 9.15. The lowest BCUT2D eigenvalue weighted by Gasteiger charge is -2.54. The maximum atomic E-state index is 13.2. The standard InChI is InChI=1S/C10H5B7BrFO/c11-8(9(12,13)14,10(15,16)17)4-20-7-2-5(18)1-6(19)3-7/h1-3H,4H2. The van der Waals surface area contributed by atoms with Gasteiger partial charge in [0.05, 0.1) is 61.5 Å². The van der Waals surface area contributed by atoms with Crippen LogP contribution in [0, 0.1) is 5.82 Å². The molecule has 14 radical (unpaired) electrons. The fourth-order valence-corrected chi connectivity index (χ4v) is 1.88. The van der Waals surface area contributed by atoms with Gasteiger partial charge in [-0.2, -0.15) is 0 Å². The van der Waals surface area contributed by atoms with E-state index in [-0.39, 0.29) is 5.75 Å². The second-order valence-corrected chi connectivity index (χ2v) is 5.65. The van der Waals surface area contributed by atoms with Gasteiger partial charge in [-0.25, -0.2) is 4.39 Å². The molecule has 86 valence electrons. The molecule has 0 N–H and O–H groups in total. The van der Waals surface area contributed by atoms with Gasteiger partial charge in [0.25, 0.3) is 0 Å². The van der Waals surface area contributed by atoms with E-state index in [0.29, 0.717) is 4.47 Å². The summed E-state index contributed by atoms with van der Waals surface area (Å²) in [5.74, 6) is -0.365. The third-order valence-corrected chi connectivity index (χ3v) is 3.31. The maximum Gasteiger partial charge on any atom is 0.128 e. The Morgan fingerprint density at radius 2 is 1.45 bits per heavy atom. The van der Waals surface area contributed by atoms with Crippen LogP contribution in [0.15, 0.2) is 22.7 Å². The molecule has 0 aliphatic heterocycles. The number of benzene rings is 1. The summed E-state index contributed by atoms with van der Waals surface area (Å²) >= 11 is 3.11. The Balaban J connectivity index is 2.99. The Labute approximate surface area is 136 Å². The summed E-state index contributed by atoms with van der Waals surface area (Å²) in [4.78, 5) is 0. The van der Waals surface area contributed by atoms with Crippen LogP contribution in [-0.2, 0) is 0 Å². The van der Waals surface area contributed by atoms with Gasteiger partial charge in [0.15, 0.2) is 0 Å². The van der Waals surface area contributed by atoms with Crippen LogP contribution in [0.5, 0.6) is 5.75 Å². The van der Waals surface area contributed by atoms with Crippen molar-refractivity contribution in [1.29, 1.82) is 0 Å². The third kappa shape index (κ3) is 3.96. The molecule has 1 aromatic carbocycles. The average Bonchev–Trinajstić information content (AvgIpc) is 2.21. The quantitative estimate of drug-likeness (QED) is 0.717. The van der Waals surface area contributed by atoms with E-state index in [2.05, 4.69) is 15.9 Å². The van der Waals surface area contributed by atoms with Crippen LogP contribution in [0.1, 0.15) is 0 Å². The third-order valence-electron chi connectivity index (χ3n) is 2.85. The fraction of sp³-hybridized carbons (Fsp3) is 0.400. The van der Waals surface area contributed by atoms with Crippen molar-refractivity contribution in [2.45, 2.75) is 15.5 Å². The topological polar surface area (TPSA) is 9.23 Å². The van der Waals surface area contributed by atoms with Crippen LogP contribution in [0.4, 0.5) is 4.39 Å². The first-order valence-electron chi connectivity index (χ1n) is 5.48. The van der Waals surface area contributed by atoms with E-state index in [1.807, 2.05) is 0 Å². The molecule has 0 aliphatic carbocycles. The first-order valence-corrected chi connectivity index (χ1v) is 6.27. The zero-order chi connectivity index (χ0) is 15.8. The van der Waals surface area contributed by atoms with E-state index in [1.165, 1.54) is 12.1 Å². The van der Waals surface area contributed by atoms with E-state index in [0.717, 1.165) is 6.07 Å². The van der Waals surface area contributed by atoms with Gasteiger partial charge >= 0.3 is 0 Å². The molecule has 0 amide bonds. The van der Waals surface area contributed by atoms with Crippen LogP contribution in [0.25, 0.3) is 0 Å². The molecule has 0 atom stereocenters. The number of rotatable bonds is 5. The van der Waals surface area contributed by atoms with Gasteiger partial charge in [-0.3, -0.25) is 0 Å². The molecule has 0 bridgehead atoms. The van der Waals surface area contributed by atoms with E-state index >= 15 is 0 Å². The fourth-order valence-electron chi connectivity index (χ4n) is 1.43. The average molecular weight is 316 g/mol. The summed E-state index contributed by atoms with van der Waals surface area (Å²) in [7, 11) is 39.2. The summed E-state index contributed by atoms with van der Waals surface area (Å²) in [5, 5.41) is -5.91. The molecule has 0 unspecified atom stereocenters. The summed E-state index contributed by atoms with van der Waals surface area (Å²) in [6, 6.07) is 3.88. The van der Waals surface area contributed by atoms with E-state index < -0.39 is 28.0 Å². The Hall–Kier alpha value is -0.115. The van der Waals surface area contributed by atoms with Crippen LogP contribution >= 0.6 is 15.9 Å². The number of halogens is 2. The lowest BCUT2D eigenvalue weighted by molar-refractivity contribution is 0.258. The summed E-state index contributed by atoms with van der Waals surface area (Å²) in [6.45, 7) is -0.421. The summed E-state index contributed by atoms with van der Waals surface area (Å²) < 4.78 is 19.0. The summed E-state index contributed by atoms with van der Waals surface area (Å²) in [6.07, 6.45) is 0. The Bertz CT molecular complexity index is 451. The van der Waals surface area contributed by atoms with Crippen LogP contribution < -0.4 is 4.74 Å². The Kier molecular flexibility index (Phi) is 5.33. The second-order valence-electron chi connectivity index (χ2n) is 4.73. The molecule has 0 spiro atoms. The zero-order valence-electron chi connectivity index (χ0n) is 10.6. The SMILES string of the molecule is [B]C([B])([B])C([B])(COc1cc(F)cc(Br)c1)C([B])([B])[B]. The molecule has 0 saturated carbocycles. The second kappa shape index (κ2) is 5.94. The minimum atomic E-state index is -2.02. The lowest BCUT2D eigenvalue weighted by Crippen LogP contribution is -2.47. The van der Waals surface area contributed by atoms with Gasteiger partial charge in [-0.15, -0.1) is 10.2 Å². The molecular formula is C10H5B7BrFO. The van der Waals surface area contributed by atoms with Gasteiger partial charge in [0.2, 0.25) is 0 Å².